The van der Waals surface area contributed by atoms with E-state index >= 15 is 0 Å². The summed E-state index contributed by atoms with van der Waals surface area (Å²) in [5.41, 5.74) is 0.597. The lowest BCUT2D eigenvalue weighted by molar-refractivity contribution is 0.0976. The van der Waals surface area contributed by atoms with Gasteiger partial charge in [0.2, 0.25) is 10.0 Å². The molecule has 0 heterocycles. The van der Waals surface area contributed by atoms with E-state index in [-0.39, 0.29) is 11.5 Å². The minimum atomic E-state index is -3.71. The predicted molar refractivity (Wildman–Crippen MR) is 109 cm³/mol. The maximum Gasteiger partial charge on any atom is 0.267 e. The maximum atomic E-state index is 14.7. The highest BCUT2D eigenvalue weighted by atomic mass is 32.2. The van der Waals surface area contributed by atoms with E-state index in [0.29, 0.717) is 43.0 Å². The SMILES string of the molecule is CC1CCCC(C)C1COc1cc(F)c(C(=O)NS(=O)(=O)C2CC2)cc1C1CC1. The fourth-order valence-electron chi connectivity index (χ4n) is 4.50. The van der Waals surface area contributed by atoms with E-state index in [9.17, 15) is 17.6 Å². The Labute approximate surface area is 172 Å². The summed E-state index contributed by atoms with van der Waals surface area (Å²) in [5, 5.41) is -0.528. The average molecular weight is 424 g/mol. The molecule has 0 radical (unpaired) electrons. The normalized spacial score (nSPS) is 27.5. The molecule has 2 atom stereocenters. The molecule has 1 N–H and O–H groups in total. The van der Waals surface area contributed by atoms with Crippen LogP contribution in [0.2, 0.25) is 0 Å². The number of halogens is 1. The number of carbonyl (C=O) groups is 1. The van der Waals surface area contributed by atoms with E-state index in [2.05, 4.69) is 13.8 Å². The Morgan fingerprint density at radius 3 is 2.34 bits per heavy atom. The standard InChI is InChI=1S/C22H30FNO4S/c1-13-4-3-5-14(2)19(13)12-28-21-11-20(23)18(10-17(21)15-6-7-15)22(25)24-29(26,27)16-8-9-16/h10-11,13-16,19H,3-9,12H2,1-2H3,(H,24,25). The van der Waals surface area contributed by atoms with Crippen LogP contribution in [-0.2, 0) is 10.0 Å². The average Bonchev–Trinajstić information content (AvgIpc) is 3.54. The van der Waals surface area contributed by atoms with Crippen LogP contribution < -0.4 is 9.46 Å². The van der Waals surface area contributed by atoms with Crippen molar-refractivity contribution >= 4 is 15.9 Å². The lowest BCUT2D eigenvalue weighted by atomic mass is 9.74. The molecule has 29 heavy (non-hydrogen) atoms. The van der Waals surface area contributed by atoms with Crippen LogP contribution in [0.3, 0.4) is 0 Å². The summed E-state index contributed by atoms with van der Waals surface area (Å²) in [6, 6.07) is 2.76. The fraction of sp³-hybridized carbons (Fsp3) is 0.682. The third kappa shape index (κ3) is 4.60. The first-order chi connectivity index (χ1) is 13.8. The molecule has 2 unspecified atom stereocenters. The molecule has 3 saturated carbocycles. The highest BCUT2D eigenvalue weighted by molar-refractivity contribution is 7.91. The van der Waals surface area contributed by atoms with Gasteiger partial charge in [0, 0.05) is 6.07 Å². The number of carbonyl (C=O) groups excluding carboxylic acids is 1. The highest BCUT2D eigenvalue weighted by Crippen LogP contribution is 2.45. The molecule has 3 aliphatic rings. The van der Waals surface area contributed by atoms with Gasteiger partial charge in [-0.15, -0.1) is 0 Å². The molecular weight excluding hydrogens is 393 g/mol. The molecule has 4 rings (SSSR count). The lowest BCUT2D eigenvalue weighted by Crippen LogP contribution is -2.34. The second-order valence-corrected chi connectivity index (χ2v) is 11.1. The topological polar surface area (TPSA) is 72.5 Å². The van der Waals surface area contributed by atoms with E-state index < -0.39 is 27.0 Å². The molecule has 0 bridgehead atoms. The second-order valence-electron chi connectivity index (χ2n) is 9.18. The molecule has 3 aliphatic carbocycles. The van der Waals surface area contributed by atoms with E-state index in [1.54, 1.807) is 0 Å². The Kier molecular flexibility index (Phi) is 5.62. The lowest BCUT2D eigenvalue weighted by Gasteiger charge is -2.34. The number of amides is 1. The highest BCUT2D eigenvalue weighted by Gasteiger charge is 2.38. The maximum absolute atomic E-state index is 14.7. The van der Waals surface area contributed by atoms with Gasteiger partial charge < -0.3 is 4.74 Å². The van der Waals surface area contributed by atoms with Crippen LogP contribution in [0, 0.1) is 23.6 Å². The molecule has 1 aromatic rings. The van der Waals surface area contributed by atoms with E-state index in [4.69, 9.17) is 4.74 Å². The van der Waals surface area contributed by atoms with Crippen molar-refractivity contribution in [1.82, 2.24) is 4.72 Å². The number of sulfonamides is 1. The van der Waals surface area contributed by atoms with Crippen molar-refractivity contribution in [3.63, 3.8) is 0 Å². The molecule has 160 valence electrons. The first-order valence-electron chi connectivity index (χ1n) is 10.8. The molecule has 7 heteroatoms. The smallest absolute Gasteiger partial charge is 0.267 e. The first-order valence-corrected chi connectivity index (χ1v) is 12.3. The van der Waals surface area contributed by atoms with Gasteiger partial charge in [0.15, 0.2) is 0 Å². The molecule has 1 amide bonds. The van der Waals surface area contributed by atoms with Crippen molar-refractivity contribution in [3.05, 3.63) is 29.1 Å². The zero-order valence-electron chi connectivity index (χ0n) is 17.1. The van der Waals surface area contributed by atoms with Crippen LogP contribution in [-0.4, -0.2) is 26.2 Å². The van der Waals surface area contributed by atoms with E-state index in [1.807, 2.05) is 4.72 Å². The van der Waals surface area contributed by atoms with Crippen molar-refractivity contribution in [2.45, 2.75) is 70.0 Å². The summed E-state index contributed by atoms with van der Waals surface area (Å²) >= 11 is 0. The van der Waals surface area contributed by atoms with Crippen LogP contribution >= 0.6 is 0 Å². The fourth-order valence-corrected chi connectivity index (χ4v) is 5.79. The molecule has 1 aromatic carbocycles. The number of ether oxygens (including phenoxy) is 1. The van der Waals surface area contributed by atoms with Gasteiger partial charge in [-0.05, 0) is 61.0 Å². The van der Waals surface area contributed by atoms with Gasteiger partial charge in [0.25, 0.3) is 5.91 Å². The summed E-state index contributed by atoms with van der Waals surface area (Å²) in [4.78, 5) is 12.4. The minimum absolute atomic E-state index is 0.220. The molecule has 0 aliphatic heterocycles. The van der Waals surface area contributed by atoms with Crippen LogP contribution in [0.25, 0.3) is 0 Å². The zero-order valence-corrected chi connectivity index (χ0v) is 17.9. The van der Waals surface area contributed by atoms with Gasteiger partial charge in [0.1, 0.15) is 11.6 Å². The monoisotopic (exact) mass is 423 g/mol. The van der Waals surface area contributed by atoms with Gasteiger partial charge in [-0.1, -0.05) is 33.1 Å². The summed E-state index contributed by atoms with van der Waals surface area (Å²) in [6.07, 6.45) is 6.66. The Morgan fingerprint density at radius 2 is 1.76 bits per heavy atom. The molecule has 3 fully saturated rings. The Hall–Kier alpha value is -1.63. The quantitative estimate of drug-likeness (QED) is 0.707. The minimum Gasteiger partial charge on any atom is -0.493 e. The largest absolute Gasteiger partial charge is 0.493 e. The number of hydrogen-bond acceptors (Lipinski definition) is 4. The van der Waals surface area contributed by atoms with Crippen LogP contribution in [0.5, 0.6) is 5.75 Å². The Morgan fingerprint density at radius 1 is 1.10 bits per heavy atom. The molecule has 5 nitrogen and oxygen atoms in total. The Balaban J connectivity index is 1.53. The van der Waals surface area contributed by atoms with Crippen molar-refractivity contribution in [2.24, 2.45) is 17.8 Å². The summed E-state index contributed by atoms with van der Waals surface area (Å²) in [6.45, 7) is 5.04. The number of hydrogen-bond donors (Lipinski definition) is 1. The first kappa shape index (κ1) is 20.6. The van der Waals surface area contributed by atoms with Crippen LogP contribution in [0.1, 0.15) is 80.6 Å². The zero-order chi connectivity index (χ0) is 20.8. The van der Waals surface area contributed by atoms with Crippen molar-refractivity contribution < 1.29 is 22.3 Å². The van der Waals surface area contributed by atoms with Crippen LogP contribution in [0.4, 0.5) is 4.39 Å². The molecule has 0 aromatic heterocycles. The molecule has 0 spiro atoms. The van der Waals surface area contributed by atoms with E-state index in [0.717, 1.165) is 18.4 Å². The number of rotatable bonds is 7. The van der Waals surface area contributed by atoms with Crippen molar-refractivity contribution in [1.29, 1.82) is 0 Å². The Bertz CT molecular complexity index is 882. The summed E-state index contributed by atoms with van der Waals surface area (Å²) < 4.78 is 47.0. The third-order valence-electron chi connectivity index (χ3n) is 6.77. The van der Waals surface area contributed by atoms with Gasteiger partial charge in [-0.3, -0.25) is 4.79 Å². The van der Waals surface area contributed by atoms with Gasteiger partial charge in [0.05, 0.1) is 17.4 Å². The molecule has 0 saturated heterocycles. The van der Waals surface area contributed by atoms with Crippen molar-refractivity contribution in [2.75, 3.05) is 6.61 Å². The van der Waals surface area contributed by atoms with Crippen LogP contribution in [0.15, 0.2) is 12.1 Å². The van der Waals surface area contributed by atoms with Gasteiger partial charge >= 0.3 is 0 Å². The van der Waals surface area contributed by atoms with E-state index in [1.165, 1.54) is 31.4 Å². The second kappa shape index (κ2) is 7.89. The number of benzene rings is 1. The van der Waals surface area contributed by atoms with Gasteiger partial charge in [-0.2, -0.15) is 0 Å². The molecular formula is C22H30FNO4S. The van der Waals surface area contributed by atoms with Gasteiger partial charge in [-0.25, -0.2) is 17.5 Å². The predicted octanol–water partition coefficient (Wildman–Crippen LogP) is 4.38. The summed E-state index contributed by atoms with van der Waals surface area (Å²) in [5.74, 6) is 0.701. The van der Waals surface area contributed by atoms with Crippen molar-refractivity contribution in [3.8, 4) is 5.75 Å². The third-order valence-corrected chi connectivity index (χ3v) is 8.59. The number of nitrogens with one attached hydrogen (secondary N) is 1. The summed E-state index contributed by atoms with van der Waals surface area (Å²) in [7, 11) is -3.71.